The van der Waals surface area contributed by atoms with E-state index in [0.717, 1.165) is 22.0 Å². The fourth-order valence-electron chi connectivity index (χ4n) is 1.31. The molecule has 0 aromatic rings. The molecule has 0 aliphatic carbocycles. The third kappa shape index (κ3) is 0.815. The molecule has 2 aliphatic rings. The zero-order valence-electron chi connectivity index (χ0n) is 6.00. The minimum absolute atomic E-state index is 0.442. The molecule has 0 saturated carbocycles. The summed E-state index contributed by atoms with van der Waals surface area (Å²) in [6, 6.07) is 2.17. The van der Waals surface area contributed by atoms with Crippen molar-refractivity contribution in [3.63, 3.8) is 0 Å². The van der Waals surface area contributed by atoms with Gasteiger partial charge in [0.15, 0.2) is 0 Å². The smallest absolute Gasteiger partial charge is 0.131 e. The first kappa shape index (κ1) is 7.14. The molecule has 11 heavy (non-hydrogen) atoms. The van der Waals surface area contributed by atoms with Crippen LogP contribution in [0.5, 0.6) is 0 Å². The van der Waals surface area contributed by atoms with Crippen molar-refractivity contribution in [2.75, 3.05) is 0 Å². The number of nitrogens with zero attached hydrogens (tertiary/aromatic N) is 2. The third-order valence-electron chi connectivity index (χ3n) is 1.90. The average molecular weight is 182 g/mol. The summed E-state index contributed by atoms with van der Waals surface area (Å²) in [6.07, 6.45) is 0.961. The second-order valence-corrected chi connectivity index (χ2v) is 4.42. The minimum atomic E-state index is 0.442. The van der Waals surface area contributed by atoms with Crippen molar-refractivity contribution in [1.29, 1.82) is 5.26 Å². The number of thioether (sulfide) groups is 1. The van der Waals surface area contributed by atoms with Gasteiger partial charge in [0.1, 0.15) is 11.8 Å². The molecular weight excluding hydrogens is 176 g/mol. The number of allylic oxidation sites excluding steroid dienone is 2. The van der Waals surface area contributed by atoms with Crippen LogP contribution in [-0.4, -0.2) is 15.3 Å². The molecule has 0 N–H and O–H groups in total. The van der Waals surface area contributed by atoms with Gasteiger partial charge in [0.25, 0.3) is 0 Å². The maximum atomic E-state index is 8.75. The van der Waals surface area contributed by atoms with Gasteiger partial charge in [-0.1, -0.05) is 12.2 Å². The topological polar surface area (TPSA) is 27.0 Å². The standard InChI is InChI=1S/C7H6N2S2/c1-4-5(3-8)9-6(10)2-7(9)11-4/h7H,2H2,1H3/t7-/m0/s1. The second-order valence-electron chi connectivity index (χ2n) is 2.56. The van der Waals surface area contributed by atoms with Gasteiger partial charge in [-0.15, -0.1) is 11.8 Å². The normalized spacial score (nSPS) is 28.2. The van der Waals surface area contributed by atoms with Crippen molar-refractivity contribution >= 4 is 29.0 Å². The zero-order valence-corrected chi connectivity index (χ0v) is 7.63. The lowest BCUT2D eigenvalue weighted by Crippen LogP contribution is -2.45. The molecule has 4 heteroatoms. The Labute approximate surface area is 74.9 Å². The van der Waals surface area contributed by atoms with E-state index in [1.54, 1.807) is 11.8 Å². The molecule has 2 heterocycles. The van der Waals surface area contributed by atoms with Crippen LogP contribution in [0.1, 0.15) is 13.3 Å². The summed E-state index contributed by atoms with van der Waals surface area (Å²) in [6.45, 7) is 1.98. The molecule has 0 radical (unpaired) electrons. The minimum Gasteiger partial charge on any atom is -0.313 e. The lowest BCUT2D eigenvalue weighted by atomic mass is 10.2. The van der Waals surface area contributed by atoms with Crippen molar-refractivity contribution in [3.8, 4) is 6.07 Å². The molecule has 0 spiro atoms. The SMILES string of the molecule is CC1=C(C#N)N2C(=S)C[C@@H]2S1. The first-order valence-electron chi connectivity index (χ1n) is 3.33. The maximum absolute atomic E-state index is 8.75. The van der Waals surface area contributed by atoms with Crippen LogP contribution in [-0.2, 0) is 0 Å². The zero-order chi connectivity index (χ0) is 8.01. The first-order chi connectivity index (χ1) is 5.24. The number of fused-ring (bicyclic) bond motifs is 1. The summed E-state index contributed by atoms with van der Waals surface area (Å²) >= 11 is 6.79. The molecule has 2 nitrogen and oxygen atoms in total. The molecule has 0 amide bonds. The second kappa shape index (κ2) is 2.23. The van der Waals surface area contributed by atoms with Crippen LogP contribution in [0, 0.1) is 11.3 Å². The predicted molar refractivity (Wildman–Crippen MR) is 48.7 cm³/mol. The molecule has 1 saturated heterocycles. The fourth-order valence-corrected chi connectivity index (χ4v) is 3.10. The van der Waals surface area contributed by atoms with Gasteiger partial charge >= 0.3 is 0 Å². The Bertz CT molecular complexity index is 300. The van der Waals surface area contributed by atoms with E-state index in [9.17, 15) is 0 Å². The van der Waals surface area contributed by atoms with E-state index in [-0.39, 0.29) is 0 Å². The van der Waals surface area contributed by atoms with E-state index in [0.29, 0.717) is 5.37 Å². The van der Waals surface area contributed by atoms with Gasteiger partial charge in [0.05, 0.1) is 10.4 Å². The number of hydrogen-bond acceptors (Lipinski definition) is 3. The quantitative estimate of drug-likeness (QED) is 0.534. The van der Waals surface area contributed by atoms with Gasteiger partial charge in [0, 0.05) is 11.3 Å². The fraction of sp³-hybridized carbons (Fsp3) is 0.429. The van der Waals surface area contributed by atoms with E-state index in [1.807, 2.05) is 11.8 Å². The lowest BCUT2D eigenvalue weighted by Gasteiger charge is -2.36. The highest BCUT2D eigenvalue weighted by atomic mass is 32.2. The van der Waals surface area contributed by atoms with Gasteiger partial charge in [-0.2, -0.15) is 5.26 Å². The predicted octanol–water partition coefficient (Wildman–Crippen LogP) is 1.85. The number of nitriles is 1. The Morgan fingerprint density at radius 2 is 2.55 bits per heavy atom. The highest BCUT2D eigenvalue weighted by molar-refractivity contribution is 8.04. The van der Waals surface area contributed by atoms with Crippen LogP contribution in [0.4, 0.5) is 0 Å². The molecule has 2 rings (SSSR count). The van der Waals surface area contributed by atoms with Gasteiger partial charge in [-0.05, 0) is 6.92 Å². The number of rotatable bonds is 0. The monoisotopic (exact) mass is 182 g/mol. The highest BCUT2D eigenvalue weighted by Gasteiger charge is 2.41. The van der Waals surface area contributed by atoms with E-state index >= 15 is 0 Å². The Balaban J connectivity index is 2.35. The van der Waals surface area contributed by atoms with E-state index in [1.165, 1.54) is 0 Å². The van der Waals surface area contributed by atoms with Gasteiger partial charge in [-0.25, -0.2) is 0 Å². The van der Waals surface area contributed by atoms with Crippen LogP contribution >= 0.6 is 24.0 Å². The average Bonchev–Trinajstić information content (AvgIpc) is 2.22. The molecule has 0 bridgehead atoms. The third-order valence-corrected chi connectivity index (χ3v) is 3.46. The van der Waals surface area contributed by atoms with Crippen molar-refractivity contribution in [2.45, 2.75) is 18.7 Å². The van der Waals surface area contributed by atoms with Crippen molar-refractivity contribution < 1.29 is 0 Å². The van der Waals surface area contributed by atoms with E-state index < -0.39 is 0 Å². The summed E-state index contributed by atoms with van der Waals surface area (Å²) in [4.78, 5) is 3.98. The highest BCUT2D eigenvalue weighted by Crippen LogP contribution is 2.45. The molecule has 0 aromatic carbocycles. The Hall–Kier alpha value is -0.530. The molecule has 56 valence electrons. The van der Waals surface area contributed by atoms with Crippen molar-refractivity contribution in [2.24, 2.45) is 0 Å². The number of hydrogen-bond donors (Lipinski definition) is 0. The molecule has 0 aromatic heterocycles. The number of thiocarbonyl (C=S) groups is 1. The van der Waals surface area contributed by atoms with Crippen LogP contribution in [0.25, 0.3) is 0 Å². The van der Waals surface area contributed by atoms with Crippen LogP contribution in [0.15, 0.2) is 10.6 Å². The molecular formula is C7H6N2S2. The van der Waals surface area contributed by atoms with Crippen molar-refractivity contribution in [3.05, 3.63) is 10.6 Å². The Kier molecular flexibility index (Phi) is 1.44. The summed E-state index contributed by atoms with van der Waals surface area (Å²) in [5.74, 6) is 0. The van der Waals surface area contributed by atoms with E-state index in [2.05, 4.69) is 6.07 Å². The molecule has 2 aliphatic heterocycles. The lowest BCUT2D eigenvalue weighted by molar-refractivity contribution is 0.439. The summed E-state index contributed by atoms with van der Waals surface area (Å²) in [7, 11) is 0. The van der Waals surface area contributed by atoms with E-state index in [4.69, 9.17) is 17.5 Å². The summed E-state index contributed by atoms with van der Waals surface area (Å²) in [5, 5.41) is 9.20. The van der Waals surface area contributed by atoms with Gasteiger partial charge in [-0.3, -0.25) is 0 Å². The van der Waals surface area contributed by atoms with Crippen molar-refractivity contribution in [1.82, 2.24) is 4.90 Å². The molecule has 1 atom stereocenters. The first-order valence-corrected chi connectivity index (χ1v) is 4.62. The van der Waals surface area contributed by atoms with Crippen LogP contribution < -0.4 is 0 Å². The van der Waals surface area contributed by atoms with Gasteiger partial charge < -0.3 is 4.90 Å². The molecule has 0 unspecified atom stereocenters. The maximum Gasteiger partial charge on any atom is 0.131 e. The summed E-state index contributed by atoms with van der Waals surface area (Å²) < 4.78 is 0. The Morgan fingerprint density at radius 3 is 3.00 bits per heavy atom. The van der Waals surface area contributed by atoms with Crippen LogP contribution in [0.2, 0.25) is 0 Å². The molecule has 1 fully saturated rings. The largest absolute Gasteiger partial charge is 0.313 e. The Morgan fingerprint density at radius 1 is 1.82 bits per heavy atom. The summed E-state index contributed by atoms with van der Waals surface area (Å²) in [5.41, 5.74) is 0.760. The van der Waals surface area contributed by atoms with Crippen LogP contribution in [0.3, 0.4) is 0 Å². The van der Waals surface area contributed by atoms with Gasteiger partial charge in [0.2, 0.25) is 0 Å².